The molecule has 3 rings (SSSR count). The normalized spacial score (nSPS) is 11.8. The highest BCUT2D eigenvalue weighted by Gasteiger charge is 2.29. The van der Waals surface area contributed by atoms with E-state index in [2.05, 4.69) is 5.32 Å². The minimum absolute atomic E-state index is 0.113. The molecule has 0 aliphatic heterocycles. The van der Waals surface area contributed by atoms with E-state index in [0.29, 0.717) is 16.6 Å². The standard InChI is InChI=1S/C27H28Cl2N2O2/c1-3-30-27(33)19(2)31(18-20-14-15-24(28)25(29)16-20)26(32)17-23(21-10-6-4-7-11-21)22-12-8-5-9-13-22/h4-16,19,23H,3,17-18H2,1-2H3,(H,30,33)/t19-/m1/s1. The van der Waals surface area contributed by atoms with Crippen molar-refractivity contribution in [1.29, 1.82) is 0 Å². The van der Waals surface area contributed by atoms with Gasteiger partial charge < -0.3 is 10.2 Å². The van der Waals surface area contributed by atoms with Gasteiger partial charge in [-0.05, 0) is 42.7 Å². The summed E-state index contributed by atoms with van der Waals surface area (Å²) >= 11 is 12.3. The van der Waals surface area contributed by atoms with Crippen molar-refractivity contribution in [2.45, 2.75) is 38.8 Å². The highest BCUT2D eigenvalue weighted by Crippen LogP contribution is 2.30. The average Bonchev–Trinajstić information content (AvgIpc) is 2.84. The van der Waals surface area contributed by atoms with Gasteiger partial charge in [-0.3, -0.25) is 9.59 Å². The second-order valence-corrected chi connectivity index (χ2v) is 8.73. The summed E-state index contributed by atoms with van der Waals surface area (Å²) in [7, 11) is 0. The fraction of sp³-hybridized carbons (Fsp3) is 0.259. The van der Waals surface area contributed by atoms with Gasteiger partial charge in [-0.2, -0.15) is 0 Å². The van der Waals surface area contributed by atoms with Crippen LogP contribution < -0.4 is 5.32 Å². The van der Waals surface area contributed by atoms with Gasteiger partial charge in [-0.15, -0.1) is 0 Å². The fourth-order valence-corrected chi connectivity index (χ4v) is 4.15. The Morgan fingerprint density at radius 2 is 1.45 bits per heavy atom. The first-order valence-electron chi connectivity index (χ1n) is 11.0. The minimum Gasteiger partial charge on any atom is -0.355 e. The number of halogens is 2. The Morgan fingerprint density at radius 3 is 1.97 bits per heavy atom. The van der Waals surface area contributed by atoms with Crippen molar-refractivity contribution in [2.75, 3.05) is 6.54 Å². The van der Waals surface area contributed by atoms with Crippen molar-refractivity contribution in [3.63, 3.8) is 0 Å². The molecule has 2 amide bonds. The number of hydrogen-bond donors (Lipinski definition) is 1. The number of rotatable bonds is 9. The Bertz CT molecular complexity index is 1030. The monoisotopic (exact) mass is 482 g/mol. The molecule has 172 valence electrons. The molecule has 0 radical (unpaired) electrons. The Kier molecular flexibility index (Phi) is 8.93. The zero-order chi connectivity index (χ0) is 23.8. The maximum absolute atomic E-state index is 13.7. The molecule has 33 heavy (non-hydrogen) atoms. The lowest BCUT2D eigenvalue weighted by molar-refractivity contribution is -0.140. The third-order valence-electron chi connectivity index (χ3n) is 5.64. The summed E-state index contributed by atoms with van der Waals surface area (Å²) in [6.07, 6.45) is 0.235. The van der Waals surface area contributed by atoms with E-state index in [1.165, 1.54) is 0 Å². The van der Waals surface area contributed by atoms with Crippen LogP contribution in [0.2, 0.25) is 10.0 Å². The van der Waals surface area contributed by atoms with E-state index >= 15 is 0 Å². The molecule has 0 unspecified atom stereocenters. The van der Waals surface area contributed by atoms with E-state index in [1.807, 2.05) is 73.7 Å². The van der Waals surface area contributed by atoms with Crippen LogP contribution in [0.15, 0.2) is 78.9 Å². The number of hydrogen-bond acceptors (Lipinski definition) is 2. The van der Waals surface area contributed by atoms with Gasteiger partial charge in [-0.1, -0.05) is 89.9 Å². The van der Waals surface area contributed by atoms with E-state index in [1.54, 1.807) is 24.0 Å². The number of carbonyl (C=O) groups is 2. The van der Waals surface area contributed by atoms with Crippen molar-refractivity contribution in [1.82, 2.24) is 10.2 Å². The molecule has 0 saturated heterocycles. The van der Waals surface area contributed by atoms with Gasteiger partial charge in [0.15, 0.2) is 0 Å². The number of amides is 2. The molecule has 4 nitrogen and oxygen atoms in total. The maximum atomic E-state index is 13.7. The van der Waals surface area contributed by atoms with Crippen molar-refractivity contribution >= 4 is 35.0 Å². The molecule has 1 N–H and O–H groups in total. The molecule has 0 fully saturated rings. The summed E-state index contributed by atoms with van der Waals surface area (Å²) in [5, 5.41) is 3.69. The highest BCUT2D eigenvalue weighted by molar-refractivity contribution is 6.42. The molecule has 6 heteroatoms. The van der Waals surface area contributed by atoms with E-state index in [-0.39, 0.29) is 30.7 Å². The first-order chi connectivity index (χ1) is 15.9. The molecule has 0 aromatic heterocycles. The predicted octanol–water partition coefficient (Wildman–Crippen LogP) is 6.07. The van der Waals surface area contributed by atoms with Crippen LogP contribution in [-0.4, -0.2) is 29.3 Å². The van der Waals surface area contributed by atoms with Crippen molar-refractivity contribution in [3.05, 3.63) is 106 Å². The van der Waals surface area contributed by atoms with E-state index in [4.69, 9.17) is 23.2 Å². The Balaban J connectivity index is 1.92. The Morgan fingerprint density at radius 1 is 0.879 bits per heavy atom. The van der Waals surface area contributed by atoms with Crippen LogP contribution in [0.4, 0.5) is 0 Å². The summed E-state index contributed by atoms with van der Waals surface area (Å²) in [5.74, 6) is -0.433. The SMILES string of the molecule is CCNC(=O)[C@@H](C)N(Cc1ccc(Cl)c(Cl)c1)C(=O)CC(c1ccccc1)c1ccccc1. The van der Waals surface area contributed by atoms with Crippen LogP contribution >= 0.6 is 23.2 Å². The zero-order valence-corrected chi connectivity index (χ0v) is 20.3. The third kappa shape index (κ3) is 6.59. The zero-order valence-electron chi connectivity index (χ0n) is 18.8. The molecule has 3 aromatic rings. The van der Waals surface area contributed by atoms with Crippen molar-refractivity contribution in [3.8, 4) is 0 Å². The van der Waals surface area contributed by atoms with Gasteiger partial charge in [0.25, 0.3) is 0 Å². The molecule has 3 aromatic carbocycles. The number of carbonyl (C=O) groups excluding carboxylic acids is 2. The van der Waals surface area contributed by atoms with Crippen LogP contribution in [0.3, 0.4) is 0 Å². The Labute approximate surface area is 205 Å². The first kappa shape index (κ1) is 24.8. The van der Waals surface area contributed by atoms with E-state index in [0.717, 1.165) is 16.7 Å². The summed E-state index contributed by atoms with van der Waals surface area (Å²) in [6, 6.07) is 24.6. The van der Waals surface area contributed by atoms with Crippen molar-refractivity contribution in [2.24, 2.45) is 0 Å². The van der Waals surface area contributed by atoms with E-state index in [9.17, 15) is 9.59 Å². The molecular weight excluding hydrogens is 455 g/mol. The molecular formula is C27H28Cl2N2O2. The number of nitrogens with zero attached hydrogens (tertiary/aromatic N) is 1. The lowest BCUT2D eigenvalue weighted by Crippen LogP contribution is -2.47. The number of nitrogens with one attached hydrogen (secondary N) is 1. The van der Waals surface area contributed by atoms with Gasteiger partial charge in [0.05, 0.1) is 10.0 Å². The van der Waals surface area contributed by atoms with Crippen LogP contribution in [0, 0.1) is 0 Å². The van der Waals surface area contributed by atoms with Gasteiger partial charge in [0.2, 0.25) is 11.8 Å². The van der Waals surface area contributed by atoms with Gasteiger partial charge in [-0.25, -0.2) is 0 Å². The number of likely N-dealkylation sites (N-methyl/N-ethyl adjacent to an activating group) is 1. The van der Waals surface area contributed by atoms with E-state index < -0.39 is 6.04 Å². The van der Waals surface area contributed by atoms with Gasteiger partial charge in [0, 0.05) is 25.4 Å². The quantitative estimate of drug-likeness (QED) is 0.402. The second-order valence-electron chi connectivity index (χ2n) is 7.92. The molecule has 0 aliphatic rings. The van der Waals surface area contributed by atoms with Crippen LogP contribution in [0.1, 0.15) is 42.9 Å². The smallest absolute Gasteiger partial charge is 0.242 e. The average molecular weight is 483 g/mol. The first-order valence-corrected chi connectivity index (χ1v) is 11.8. The lowest BCUT2D eigenvalue weighted by Gasteiger charge is -2.30. The maximum Gasteiger partial charge on any atom is 0.242 e. The topological polar surface area (TPSA) is 49.4 Å². The summed E-state index contributed by atoms with van der Waals surface area (Å²) in [6.45, 7) is 4.36. The lowest BCUT2D eigenvalue weighted by atomic mass is 9.88. The van der Waals surface area contributed by atoms with Crippen molar-refractivity contribution < 1.29 is 9.59 Å². The van der Waals surface area contributed by atoms with Crippen LogP contribution in [0.25, 0.3) is 0 Å². The highest BCUT2D eigenvalue weighted by atomic mass is 35.5. The molecule has 0 bridgehead atoms. The van der Waals surface area contributed by atoms with Crippen LogP contribution in [-0.2, 0) is 16.1 Å². The summed E-state index contributed by atoms with van der Waals surface area (Å²) < 4.78 is 0. The fourth-order valence-electron chi connectivity index (χ4n) is 3.83. The third-order valence-corrected chi connectivity index (χ3v) is 6.38. The van der Waals surface area contributed by atoms with Crippen LogP contribution in [0.5, 0.6) is 0 Å². The number of benzene rings is 3. The summed E-state index contributed by atoms with van der Waals surface area (Å²) in [4.78, 5) is 28.0. The molecule has 0 saturated carbocycles. The summed E-state index contributed by atoms with van der Waals surface area (Å²) in [5.41, 5.74) is 2.92. The molecule has 1 atom stereocenters. The molecule has 0 heterocycles. The Hall–Kier alpha value is -2.82. The minimum atomic E-state index is -0.640. The second kappa shape index (κ2) is 11.9. The van der Waals surface area contributed by atoms with Gasteiger partial charge >= 0.3 is 0 Å². The van der Waals surface area contributed by atoms with Gasteiger partial charge in [0.1, 0.15) is 6.04 Å². The largest absolute Gasteiger partial charge is 0.355 e. The molecule has 0 aliphatic carbocycles. The predicted molar refractivity (Wildman–Crippen MR) is 135 cm³/mol. The molecule has 0 spiro atoms.